The maximum atomic E-state index is 13.4. The minimum Gasteiger partial charge on any atom is -0.453 e. The SMILES string of the molecule is COC(=O)N[C@H](C(=O)N1CCC[C@H]1C(=O)Nc1ccc2cc(-c3ccc(NC(=O)[C@@H]4CCCN4C(=O)Cc4ccccc4)nc3)ccc2n1)C(C)C.COC(=O)N[C@H](C(=O)N1CCC[C@H]1C(=O)Nc1ncc(-c2ccc3nc(NC(=O)[C@@H]4CCCN4C(=O)Cc4ccccc4)ccc3c2)cn1)C(C)C. The average Bonchev–Trinajstić information content (AvgIpc) is 1.38. The lowest BCUT2D eigenvalue weighted by Gasteiger charge is -2.30. The van der Waals surface area contributed by atoms with Crippen molar-refractivity contribution in [1.29, 1.82) is 0 Å². The second-order valence-corrected chi connectivity index (χ2v) is 26.8. The van der Waals surface area contributed by atoms with Crippen molar-refractivity contribution in [3.05, 3.63) is 163 Å². The monoisotopic (exact) mass is 1410 g/mol. The normalized spacial score (nSPS) is 17.5. The second kappa shape index (κ2) is 33.8. The Morgan fingerprint density at radius 2 is 0.779 bits per heavy atom. The topological polar surface area (TPSA) is 339 Å². The Balaban J connectivity index is 0.000000208. The number of rotatable bonds is 20. The molecule has 6 N–H and O–H groups in total. The Hall–Kier alpha value is -11.8. The van der Waals surface area contributed by atoms with Gasteiger partial charge in [-0.05, 0) is 146 Å². The molecule has 4 aromatic heterocycles. The largest absolute Gasteiger partial charge is 0.453 e. The molecule has 0 saturated carbocycles. The number of likely N-dealkylation sites (tertiary alicyclic amines) is 4. The summed E-state index contributed by atoms with van der Waals surface area (Å²) >= 11 is 0. The number of carbonyl (C=O) groups is 10. The van der Waals surface area contributed by atoms with Gasteiger partial charge in [0.15, 0.2) is 0 Å². The lowest BCUT2D eigenvalue weighted by molar-refractivity contribution is -0.139. The molecule has 4 aromatic carbocycles. The molecule has 0 spiro atoms. The van der Waals surface area contributed by atoms with Gasteiger partial charge in [0.2, 0.25) is 53.2 Å². The summed E-state index contributed by atoms with van der Waals surface area (Å²) in [6.45, 7) is 9.17. The molecule has 27 heteroatoms. The fourth-order valence-electron chi connectivity index (χ4n) is 13.5. The number of fused-ring (bicyclic) bond motifs is 2. The van der Waals surface area contributed by atoms with Gasteiger partial charge < -0.3 is 55.7 Å². The van der Waals surface area contributed by atoms with Gasteiger partial charge in [-0.2, -0.15) is 0 Å². The average molecular weight is 1410 g/mol. The summed E-state index contributed by atoms with van der Waals surface area (Å²) < 4.78 is 9.36. The van der Waals surface area contributed by atoms with E-state index in [1.807, 2.05) is 143 Å². The van der Waals surface area contributed by atoms with Gasteiger partial charge in [0.05, 0.1) is 38.1 Å². The predicted octanol–water partition coefficient (Wildman–Crippen LogP) is 8.95. The van der Waals surface area contributed by atoms with E-state index in [9.17, 15) is 47.9 Å². The summed E-state index contributed by atoms with van der Waals surface area (Å²) in [5.74, 6) is -1.19. The Bertz CT molecular complexity index is 4470. The van der Waals surface area contributed by atoms with Gasteiger partial charge in [-0.3, -0.25) is 43.7 Å². The van der Waals surface area contributed by atoms with Crippen LogP contribution in [0.5, 0.6) is 0 Å². The van der Waals surface area contributed by atoms with E-state index in [1.165, 1.54) is 24.0 Å². The molecule has 8 aromatic rings. The maximum Gasteiger partial charge on any atom is 0.407 e. The first kappa shape index (κ1) is 73.4. The van der Waals surface area contributed by atoms with E-state index >= 15 is 0 Å². The van der Waals surface area contributed by atoms with Crippen molar-refractivity contribution < 1.29 is 57.4 Å². The third-order valence-electron chi connectivity index (χ3n) is 19.1. The Labute approximate surface area is 601 Å². The van der Waals surface area contributed by atoms with Gasteiger partial charge in [0.25, 0.3) is 0 Å². The highest BCUT2D eigenvalue weighted by Gasteiger charge is 2.42. The van der Waals surface area contributed by atoms with Crippen LogP contribution in [0.4, 0.5) is 33.0 Å². The van der Waals surface area contributed by atoms with Crippen LogP contribution in [0.1, 0.15) is 90.2 Å². The first-order valence-corrected chi connectivity index (χ1v) is 35.0. The highest BCUT2D eigenvalue weighted by molar-refractivity contribution is 6.02. The van der Waals surface area contributed by atoms with Crippen molar-refractivity contribution in [3.63, 3.8) is 0 Å². The minimum absolute atomic E-state index is 0.0639. The van der Waals surface area contributed by atoms with Crippen LogP contribution in [-0.4, -0.2) is 181 Å². The third-order valence-corrected chi connectivity index (χ3v) is 19.1. The Morgan fingerprint density at radius 1 is 0.413 bits per heavy atom. The quantitative estimate of drug-likeness (QED) is 0.0414. The summed E-state index contributed by atoms with van der Waals surface area (Å²) in [5.41, 5.74) is 6.45. The number of ether oxygens (including phenoxy) is 2. The lowest BCUT2D eigenvalue weighted by Crippen LogP contribution is -2.54. The number of aromatic nitrogens is 5. The highest BCUT2D eigenvalue weighted by Crippen LogP contribution is 2.31. The number of pyridine rings is 3. The number of methoxy groups -OCH3 is 2. The van der Waals surface area contributed by atoms with E-state index in [4.69, 9.17) is 0 Å². The molecule has 6 atom stereocenters. The molecule has 4 aliphatic rings. The van der Waals surface area contributed by atoms with Crippen molar-refractivity contribution >= 4 is 105 Å². The molecule has 8 heterocycles. The Kier molecular flexibility index (Phi) is 23.9. The van der Waals surface area contributed by atoms with Crippen LogP contribution >= 0.6 is 0 Å². The maximum absolute atomic E-state index is 13.4. The van der Waals surface area contributed by atoms with E-state index in [1.54, 1.807) is 46.6 Å². The molecule has 4 aliphatic heterocycles. The molecule has 4 saturated heterocycles. The summed E-state index contributed by atoms with van der Waals surface area (Å²) in [4.78, 5) is 158. The standard InChI is InChI=1S/C39H43N7O6.C38H42N8O6/c1-24(2)35(44-39(51)52-3)38(50)46-20-8-12-31(46)37(49)43-33-18-14-27-22-26(13-16-29(27)41-33)28-15-17-32(40-23-28)42-36(48)30-11-7-19-45(30)34(47)21-25-9-5-4-6-10-25;1-23(2)33(43-38(51)52-3)36(50)46-18-8-12-30(46)35(49)44-37-39-21-27(22-40-37)25-13-15-28-26(20-25)14-16-31(41-28)42-34(48)29-11-7-17-45(29)32(47)19-24-9-5-4-6-10-24/h4-6,9-10,13-18,22-24,30-31,35H,7-8,11-12,19-21H2,1-3H3,(H,44,51)(H,40,42,48)(H,41,43,49);4-6,9-10,13-16,20-23,29-30,33H,7-8,11-12,17-19H2,1-3H3,(H,43,51)(H,41,42,48)(H,39,40,44,49)/t30-,31-,35-;29-,30-,33-/m00/s1. The van der Waals surface area contributed by atoms with Gasteiger partial charge in [-0.15, -0.1) is 0 Å². The van der Waals surface area contributed by atoms with Crippen LogP contribution in [0, 0.1) is 11.8 Å². The number of nitrogens with zero attached hydrogens (tertiary/aromatic N) is 9. The fraction of sp³-hybridized carbons (Fsp3) is 0.364. The summed E-state index contributed by atoms with van der Waals surface area (Å²) in [5, 5.41) is 18.2. The molecule has 0 unspecified atom stereocenters. The number of nitrogens with one attached hydrogen (secondary N) is 6. The van der Waals surface area contributed by atoms with E-state index < -0.39 is 54.3 Å². The van der Waals surface area contributed by atoms with Crippen molar-refractivity contribution in [2.45, 2.75) is 128 Å². The molecule has 4 fully saturated rings. The summed E-state index contributed by atoms with van der Waals surface area (Å²) in [6.07, 6.45) is 9.02. The van der Waals surface area contributed by atoms with Gasteiger partial charge in [0, 0.05) is 66.7 Å². The van der Waals surface area contributed by atoms with Gasteiger partial charge in [0.1, 0.15) is 53.7 Å². The zero-order valence-electron chi connectivity index (χ0n) is 58.9. The first-order chi connectivity index (χ1) is 50.2. The van der Waals surface area contributed by atoms with E-state index in [-0.39, 0.29) is 72.0 Å². The van der Waals surface area contributed by atoms with Gasteiger partial charge in [-0.1, -0.05) is 100 Å². The summed E-state index contributed by atoms with van der Waals surface area (Å²) in [6, 6.07) is 37.1. The van der Waals surface area contributed by atoms with Gasteiger partial charge in [-0.25, -0.2) is 34.5 Å². The molecule has 0 aliphatic carbocycles. The number of benzene rings is 4. The van der Waals surface area contributed by atoms with Crippen molar-refractivity contribution in [2.75, 3.05) is 61.7 Å². The van der Waals surface area contributed by atoms with Crippen molar-refractivity contribution in [2.24, 2.45) is 11.8 Å². The predicted molar refractivity (Wildman–Crippen MR) is 390 cm³/mol. The lowest BCUT2D eigenvalue weighted by atomic mass is 10.0. The number of amides is 10. The Morgan fingerprint density at radius 3 is 1.18 bits per heavy atom. The van der Waals surface area contributed by atoms with E-state index in [0.29, 0.717) is 98.8 Å². The molecule has 0 radical (unpaired) electrons. The van der Waals surface area contributed by atoms with Crippen LogP contribution in [-0.2, 0) is 60.7 Å². The van der Waals surface area contributed by atoms with Crippen molar-refractivity contribution in [3.8, 4) is 22.3 Å². The number of carbonyl (C=O) groups excluding carboxylic acids is 10. The number of anilines is 4. The highest BCUT2D eigenvalue weighted by atomic mass is 16.5. The number of hydrogen-bond acceptors (Lipinski definition) is 17. The van der Waals surface area contributed by atoms with Crippen LogP contribution < -0.4 is 31.9 Å². The van der Waals surface area contributed by atoms with Crippen LogP contribution in [0.3, 0.4) is 0 Å². The molecule has 540 valence electrons. The molecule has 0 bridgehead atoms. The van der Waals surface area contributed by atoms with Crippen molar-refractivity contribution in [1.82, 2.24) is 55.2 Å². The summed E-state index contributed by atoms with van der Waals surface area (Å²) in [7, 11) is 2.47. The van der Waals surface area contributed by atoms with Crippen LogP contribution in [0.15, 0.2) is 152 Å². The number of alkyl carbamates (subject to hydrolysis) is 2. The molecule has 104 heavy (non-hydrogen) atoms. The minimum atomic E-state index is -0.830. The van der Waals surface area contributed by atoms with Crippen LogP contribution in [0.2, 0.25) is 0 Å². The van der Waals surface area contributed by atoms with Crippen LogP contribution in [0.25, 0.3) is 44.1 Å². The molecule has 27 nitrogen and oxygen atoms in total. The second-order valence-electron chi connectivity index (χ2n) is 26.8. The molecular weight excluding hydrogens is 1330 g/mol. The molecular formula is C77H85N15O12. The van der Waals surface area contributed by atoms with Gasteiger partial charge >= 0.3 is 12.2 Å². The first-order valence-electron chi connectivity index (χ1n) is 35.0. The van der Waals surface area contributed by atoms with E-state index in [2.05, 4.69) is 66.3 Å². The zero-order chi connectivity index (χ0) is 73.6. The fourth-order valence-corrected chi connectivity index (χ4v) is 13.5. The zero-order valence-corrected chi connectivity index (χ0v) is 58.9. The molecule has 10 amide bonds. The third kappa shape index (κ3) is 17.9. The smallest absolute Gasteiger partial charge is 0.407 e. The molecule has 12 rings (SSSR count). The van der Waals surface area contributed by atoms with E-state index in [0.717, 1.165) is 51.4 Å². The number of hydrogen-bond donors (Lipinski definition) is 6.